The molecule has 6 nitrogen and oxygen atoms in total. The van der Waals surface area contributed by atoms with Crippen LogP contribution in [0.25, 0.3) is 0 Å². The molecular formula is C15H15FN2O4S2. The molecule has 0 spiro atoms. The Morgan fingerprint density at radius 1 is 1.33 bits per heavy atom. The molecule has 0 aliphatic carbocycles. The number of rotatable bonds is 6. The normalized spacial score (nSPS) is 11.1. The van der Waals surface area contributed by atoms with Crippen molar-refractivity contribution in [2.24, 2.45) is 0 Å². The Kier molecular flexibility index (Phi) is 5.79. The van der Waals surface area contributed by atoms with Crippen LogP contribution in [0.4, 0.5) is 4.39 Å². The molecule has 24 heavy (non-hydrogen) atoms. The molecule has 2 aromatic rings. The molecule has 0 unspecified atom stereocenters. The molecule has 0 aliphatic heterocycles. The monoisotopic (exact) mass is 370 g/mol. The van der Waals surface area contributed by atoms with Crippen LogP contribution in [-0.4, -0.2) is 32.2 Å². The van der Waals surface area contributed by atoms with E-state index in [-0.39, 0.29) is 27.8 Å². The Balaban J connectivity index is 2.37. The number of ether oxygens (including phenoxy) is 1. The van der Waals surface area contributed by atoms with Gasteiger partial charge in [0, 0.05) is 6.20 Å². The van der Waals surface area contributed by atoms with Gasteiger partial charge in [0.2, 0.25) is 5.88 Å². The lowest BCUT2D eigenvalue weighted by molar-refractivity contribution is 0.0977. The average molecular weight is 370 g/mol. The van der Waals surface area contributed by atoms with Crippen LogP contribution < -0.4 is 9.46 Å². The fourth-order valence-electron chi connectivity index (χ4n) is 1.95. The fraction of sp³-hybridized carbons (Fsp3) is 0.200. The first-order valence-electron chi connectivity index (χ1n) is 6.88. The molecule has 0 aliphatic rings. The number of pyridine rings is 1. The van der Waals surface area contributed by atoms with Crippen LogP contribution in [0.2, 0.25) is 0 Å². The highest BCUT2D eigenvalue weighted by Crippen LogP contribution is 2.25. The number of aromatic nitrogens is 1. The van der Waals surface area contributed by atoms with Gasteiger partial charge >= 0.3 is 0 Å². The highest BCUT2D eigenvalue weighted by Gasteiger charge is 2.25. The quantitative estimate of drug-likeness (QED) is 0.786. The number of hydrogen-bond acceptors (Lipinski definition) is 6. The van der Waals surface area contributed by atoms with Crippen molar-refractivity contribution < 1.29 is 22.3 Å². The topological polar surface area (TPSA) is 85.4 Å². The third kappa shape index (κ3) is 3.85. The first kappa shape index (κ1) is 18.2. The highest BCUT2D eigenvalue weighted by molar-refractivity contribution is 7.98. The molecular weight excluding hydrogens is 355 g/mol. The summed E-state index contributed by atoms with van der Waals surface area (Å²) in [5.74, 6) is -1.63. The number of nitrogens with one attached hydrogen (secondary N) is 1. The number of hydrogen-bond donors (Lipinski definition) is 1. The molecule has 1 N–H and O–H groups in total. The number of sulfonamides is 1. The van der Waals surface area contributed by atoms with Gasteiger partial charge in [-0.3, -0.25) is 4.79 Å². The number of amides is 1. The van der Waals surface area contributed by atoms with Crippen molar-refractivity contribution in [2.45, 2.75) is 16.7 Å². The summed E-state index contributed by atoms with van der Waals surface area (Å²) in [4.78, 5) is 16.0. The van der Waals surface area contributed by atoms with Crippen molar-refractivity contribution in [2.75, 3.05) is 12.9 Å². The van der Waals surface area contributed by atoms with E-state index in [9.17, 15) is 17.6 Å². The standard InChI is InChI=1S/C15H15FN2O4S2/c1-3-22-15-12(8-5-9-17-15)24(20,21)18-14(19)10-6-4-7-11(16)13(10)23-2/h4-9H,3H2,1-2H3,(H,18,19). The highest BCUT2D eigenvalue weighted by atomic mass is 32.2. The van der Waals surface area contributed by atoms with E-state index in [4.69, 9.17) is 4.74 Å². The molecule has 0 saturated heterocycles. The first-order valence-corrected chi connectivity index (χ1v) is 9.59. The van der Waals surface area contributed by atoms with Gasteiger partial charge in [0.25, 0.3) is 15.9 Å². The van der Waals surface area contributed by atoms with Crippen LogP contribution >= 0.6 is 11.8 Å². The van der Waals surface area contributed by atoms with Crippen LogP contribution in [-0.2, 0) is 10.0 Å². The average Bonchev–Trinajstić information content (AvgIpc) is 2.55. The van der Waals surface area contributed by atoms with Crippen LogP contribution in [0.5, 0.6) is 5.88 Å². The summed E-state index contributed by atoms with van der Waals surface area (Å²) in [6.45, 7) is 1.90. The summed E-state index contributed by atoms with van der Waals surface area (Å²) < 4.78 is 45.7. The van der Waals surface area contributed by atoms with Gasteiger partial charge in [-0.05, 0) is 37.4 Å². The van der Waals surface area contributed by atoms with E-state index < -0.39 is 21.7 Å². The Bertz CT molecular complexity index is 856. The van der Waals surface area contributed by atoms with E-state index in [2.05, 4.69) is 4.98 Å². The van der Waals surface area contributed by atoms with E-state index >= 15 is 0 Å². The van der Waals surface area contributed by atoms with E-state index in [1.807, 2.05) is 4.72 Å². The zero-order valence-electron chi connectivity index (χ0n) is 12.9. The van der Waals surface area contributed by atoms with Crippen molar-refractivity contribution in [3.05, 3.63) is 47.9 Å². The molecule has 0 fully saturated rings. The van der Waals surface area contributed by atoms with Crippen molar-refractivity contribution in [3.63, 3.8) is 0 Å². The lowest BCUT2D eigenvalue weighted by Gasteiger charge is -2.12. The van der Waals surface area contributed by atoms with Crippen LogP contribution in [0, 0.1) is 5.82 Å². The van der Waals surface area contributed by atoms with Gasteiger partial charge in [0.05, 0.1) is 17.1 Å². The summed E-state index contributed by atoms with van der Waals surface area (Å²) in [6, 6.07) is 6.58. The fourth-order valence-corrected chi connectivity index (χ4v) is 3.66. The molecule has 128 valence electrons. The van der Waals surface area contributed by atoms with Crippen molar-refractivity contribution >= 4 is 27.7 Å². The summed E-state index contributed by atoms with van der Waals surface area (Å²) in [7, 11) is -4.22. The molecule has 1 aromatic carbocycles. The molecule has 1 aromatic heterocycles. The minimum atomic E-state index is -4.22. The Labute approximate surface area is 143 Å². The second kappa shape index (κ2) is 7.63. The maximum absolute atomic E-state index is 13.8. The molecule has 2 rings (SSSR count). The van der Waals surface area contributed by atoms with Crippen LogP contribution in [0.1, 0.15) is 17.3 Å². The number of carbonyl (C=O) groups is 1. The van der Waals surface area contributed by atoms with Gasteiger partial charge in [-0.1, -0.05) is 6.07 Å². The van der Waals surface area contributed by atoms with Gasteiger partial charge in [-0.15, -0.1) is 11.8 Å². The third-order valence-corrected chi connectivity index (χ3v) is 5.12. The predicted octanol–water partition coefficient (Wildman–Crippen LogP) is 2.46. The Morgan fingerprint density at radius 2 is 2.08 bits per heavy atom. The number of thioether (sulfide) groups is 1. The van der Waals surface area contributed by atoms with Gasteiger partial charge in [-0.25, -0.2) is 22.5 Å². The summed E-state index contributed by atoms with van der Waals surface area (Å²) in [6.07, 6.45) is 2.97. The smallest absolute Gasteiger partial charge is 0.269 e. The minimum absolute atomic E-state index is 0.0621. The van der Waals surface area contributed by atoms with Crippen LogP contribution in [0.3, 0.4) is 0 Å². The first-order chi connectivity index (χ1) is 11.4. The largest absolute Gasteiger partial charge is 0.477 e. The summed E-state index contributed by atoms with van der Waals surface area (Å²) in [5, 5.41) is 0. The molecule has 9 heteroatoms. The lowest BCUT2D eigenvalue weighted by atomic mass is 10.2. The number of carbonyl (C=O) groups excluding carboxylic acids is 1. The second-order valence-electron chi connectivity index (χ2n) is 4.49. The van der Waals surface area contributed by atoms with Gasteiger partial charge < -0.3 is 4.74 Å². The predicted molar refractivity (Wildman–Crippen MR) is 88.2 cm³/mol. The molecule has 0 bridgehead atoms. The molecule has 0 radical (unpaired) electrons. The second-order valence-corrected chi connectivity index (χ2v) is 6.96. The Hall–Kier alpha value is -2.13. The molecule has 1 amide bonds. The van der Waals surface area contributed by atoms with E-state index in [0.29, 0.717) is 0 Å². The molecule has 1 heterocycles. The maximum atomic E-state index is 13.8. The zero-order chi connectivity index (χ0) is 17.7. The number of nitrogens with zero attached hydrogens (tertiary/aromatic N) is 1. The SMILES string of the molecule is CCOc1ncccc1S(=O)(=O)NC(=O)c1cccc(F)c1SC. The maximum Gasteiger partial charge on any atom is 0.269 e. The van der Waals surface area contributed by atoms with Gasteiger partial charge in [0.1, 0.15) is 10.7 Å². The molecule has 0 saturated carbocycles. The van der Waals surface area contributed by atoms with Crippen LogP contribution in [0.15, 0.2) is 46.3 Å². The number of halogens is 1. The Morgan fingerprint density at radius 3 is 2.75 bits per heavy atom. The van der Waals surface area contributed by atoms with E-state index in [1.54, 1.807) is 13.2 Å². The van der Waals surface area contributed by atoms with Crippen molar-refractivity contribution in [1.82, 2.24) is 9.71 Å². The van der Waals surface area contributed by atoms with Crippen molar-refractivity contribution in [1.29, 1.82) is 0 Å². The van der Waals surface area contributed by atoms with E-state index in [0.717, 1.165) is 11.8 Å². The van der Waals surface area contributed by atoms with Gasteiger partial charge in [-0.2, -0.15) is 0 Å². The lowest BCUT2D eigenvalue weighted by Crippen LogP contribution is -2.31. The third-order valence-electron chi connectivity index (χ3n) is 2.95. The van der Waals surface area contributed by atoms with Gasteiger partial charge in [0.15, 0.2) is 0 Å². The molecule has 0 atom stereocenters. The zero-order valence-corrected chi connectivity index (χ0v) is 14.6. The minimum Gasteiger partial charge on any atom is -0.477 e. The summed E-state index contributed by atoms with van der Waals surface area (Å²) >= 11 is 1.02. The summed E-state index contributed by atoms with van der Waals surface area (Å²) in [5.41, 5.74) is -0.0621. The van der Waals surface area contributed by atoms with E-state index in [1.165, 1.54) is 36.5 Å². The van der Waals surface area contributed by atoms with Crippen molar-refractivity contribution in [3.8, 4) is 5.88 Å². The number of benzene rings is 1.